The molecule has 0 spiro atoms. The van der Waals surface area contributed by atoms with Gasteiger partial charge in [0.25, 0.3) is 0 Å². The van der Waals surface area contributed by atoms with Gasteiger partial charge in [0.05, 0.1) is 23.9 Å². The summed E-state index contributed by atoms with van der Waals surface area (Å²) in [5.74, 6) is 0.230. The minimum atomic E-state index is -0.289. The van der Waals surface area contributed by atoms with Crippen molar-refractivity contribution in [1.82, 2.24) is 15.1 Å². The summed E-state index contributed by atoms with van der Waals surface area (Å²) in [5.41, 5.74) is 5.04. The maximum atomic E-state index is 12.3. The van der Waals surface area contributed by atoms with Crippen LogP contribution in [0.1, 0.15) is 59.2 Å². The molecule has 6 nitrogen and oxygen atoms in total. The van der Waals surface area contributed by atoms with E-state index in [4.69, 9.17) is 17.0 Å². The largest absolute Gasteiger partial charge is 0.472 e. The minimum Gasteiger partial charge on any atom is -0.472 e. The van der Waals surface area contributed by atoms with Gasteiger partial charge in [-0.1, -0.05) is 18.2 Å². The summed E-state index contributed by atoms with van der Waals surface area (Å²) in [6, 6.07) is 8.42. The Bertz CT molecular complexity index is 937. The van der Waals surface area contributed by atoms with Gasteiger partial charge in [-0.15, -0.1) is 0 Å². The van der Waals surface area contributed by atoms with E-state index < -0.39 is 0 Å². The highest BCUT2D eigenvalue weighted by atomic mass is 32.1. The third-order valence-electron chi connectivity index (χ3n) is 6.77. The molecule has 2 unspecified atom stereocenters. The summed E-state index contributed by atoms with van der Waals surface area (Å²) in [4.78, 5) is 28.4. The molecule has 3 aliphatic heterocycles. The van der Waals surface area contributed by atoms with Gasteiger partial charge in [-0.05, 0) is 66.6 Å². The summed E-state index contributed by atoms with van der Waals surface area (Å²) in [6.45, 7) is 3.82. The zero-order chi connectivity index (χ0) is 20.7. The summed E-state index contributed by atoms with van der Waals surface area (Å²) < 4.78 is 5.24. The Labute approximate surface area is 182 Å². The minimum absolute atomic E-state index is 0.108. The van der Waals surface area contributed by atoms with E-state index in [2.05, 4.69) is 39.4 Å². The van der Waals surface area contributed by atoms with Gasteiger partial charge in [0.2, 0.25) is 11.8 Å². The van der Waals surface area contributed by atoms with Gasteiger partial charge in [0.1, 0.15) is 0 Å². The number of benzene rings is 1. The molecule has 1 aromatic carbocycles. The van der Waals surface area contributed by atoms with Crippen LogP contribution in [-0.4, -0.2) is 40.7 Å². The maximum absolute atomic E-state index is 12.3. The van der Waals surface area contributed by atoms with Crippen LogP contribution in [0.5, 0.6) is 0 Å². The zero-order valence-electron chi connectivity index (χ0n) is 16.9. The van der Waals surface area contributed by atoms with Crippen molar-refractivity contribution in [3.63, 3.8) is 0 Å². The second-order valence-electron chi connectivity index (χ2n) is 8.65. The number of carbonyl (C=O) groups excluding carboxylic acids is 2. The first kappa shape index (κ1) is 19.8. The lowest BCUT2D eigenvalue weighted by atomic mass is 9.91. The topological polar surface area (TPSA) is 65.8 Å². The number of amides is 2. The number of thiol groups is 1. The number of carbonyl (C=O) groups is 2. The normalized spacial score (nSPS) is 26.0. The van der Waals surface area contributed by atoms with Gasteiger partial charge < -0.3 is 4.42 Å². The highest BCUT2D eigenvalue weighted by Gasteiger charge is 2.39. The van der Waals surface area contributed by atoms with Crippen LogP contribution in [0.15, 0.2) is 41.2 Å². The summed E-state index contributed by atoms with van der Waals surface area (Å²) in [7, 11) is 0. The van der Waals surface area contributed by atoms with E-state index in [-0.39, 0.29) is 23.2 Å². The Morgan fingerprint density at radius 2 is 1.97 bits per heavy atom. The monoisotopic (exact) mass is 425 g/mol. The fourth-order valence-electron chi connectivity index (χ4n) is 5.08. The SMILES string of the molecule is O=C1CCC(N2Cc3cc(CN4CCC(c5ccoc5)CC4)ccc3C2S)C(=O)N1. The standard InChI is InChI=1S/C23H27N3O3S/c27-21-4-3-20(22(28)24-21)26-13-18-11-15(1-2-19(18)23(26)30)12-25-8-5-16(6-9-25)17-7-10-29-14-17/h1-2,7,10-11,14,16,20,23,30H,3-6,8-9,12-13H2,(H,24,27,28). The Morgan fingerprint density at radius 1 is 1.13 bits per heavy atom. The average Bonchev–Trinajstić information content (AvgIpc) is 3.37. The van der Waals surface area contributed by atoms with E-state index in [1.54, 1.807) is 6.26 Å². The van der Waals surface area contributed by atoms with Gasteiger partial charge in [-0.2, -0.15) is 12.6 Å². The van der Waals surface area contributed by atoms with Crippen LogP contribution >= 0.6 is 12.6 Å². The van der Waals surface area contributed by atoms with E-state index in [1.165, 1.54) is 22.3 Å². The molecule has 2 fully saturated rings. The molecule has 2 amide bonds. The first-order valence-electron chi connectivity index (χ1n) is 10.7. The number of fused-ring (bicyclic) bond motifs is 1. The van der Waals surface area contributed by atoms with Crippen molar-refractivity contribution in [3.05, 3.63) is 59.0 Å². The highest BCUT2D eigenvalue weighted by Crippen LogP contribution is 2.39. The van der Waals surface area contributed by atoms with Crippen molar-refractivity contribution in [3.8, 4) is 0 Å². The lowest BCUT2D eigenvalue weighted by molar-refractivity contribution is -0.137. The summed E-state index contributed by atoms with van der Waals surface area (Å²) >= 11 is 4.79. The fraction of sp³-hybridized carbons (Fsp3) is 0.478. The number of piperidine rings is 2. The molecule has 0 aliphatic carbocycles. The van der Waals surface area contributed by atoms with Crippen LogP contribution in [0.4, 0.5) is 0 Å². The number of hydrogen-bond acceptors (Lipinski definition) is 6. The molecule has 0 bridgehead atoms. The van der Waals surface area contributed by atoms with Gasteiger partial charge in [-0.3, -0.25) is 24.7 Å². The lowest BCUT2D eigenvalue weighted by Gasteiger charge is -2.32. The third-order valence-corrected chi connectivity index (χ3v) is 7.35. The number of hydrogen-bond donors (Lipinski definition) is 2. The quantitative estimate of drug-likeness (QED) is 0.582. The van der Waals surface area contributed by atoms with E-state index in [9.17, 15) is 9.59 Å². The molecule has 2 saturated heterocycles. The number of furan rings is 1. The van der Waals surface area contributed by atoms with E-state index >= 15 is 0 Å². The number of imide groups is 1. The second-order valence-corrected chi connectivity index (χ2v) is 9.14. The van der Waals surface area contributed by atoms with Crippen LogP contribution < -0.4 is 5.32 Å². The molecule has 5 rings (SSSR count). The van der Waals surface area contributed by atoms with Crippen molar-refractivity contribution in [2.75, 3.05) is 13.1 Å². The first-order chi connectivity index (χ1) is 14.6. The number of rotatable bonds is 4. The summed E-state index contributed by atoms with van der Waals surface area (Å²) in [5, 5.41) is 2.36. The lowest BCUT2D eigenvalue weighted by Crippen LogP contribution is -2.51. The number of nitrogens with zero attached hydrogens (tertiary/aromatic N) is 2. The molecule has 1 aromatic heterocycles. The molecule has 0 saturated carbocycles. The van der Waals surface area contributed by atoms with E-state index in [0.717, 1.165) is 32.5 Å². The Balaban J connectivity index is 1.22. The van der Waals surface area contributed by atoms with Crippen molar-refractivity contribution in [1.29, 1.82) is 0 Å². The van der Waals surface area contributed by atoms with E-state index in [0.29, 0.717) is 25.3 Å². The van der Waals surface area contributed by atoms with Gasteiger partial charge >= 0.3 is 0 Å². The molecule has 0 radical (unpaired) electrons. The zero-order valence-corrected chi connectivity index (χ0v) is 17.8. The van der Waals surface area contributed by atoms with E-state index in [1.807, 2.05) is 6.26 Å². The number of nitrogens with one attached hydrogen (secondary N) is 1. The van der Waals surface area contributed by atoms with Gasteiger partial charge in [0.15, 0.2) is 0 Å². The Morgan fingerprint density at radius 3 is 2.70 bits per heavy atom. The smallest absolute Gasteiger partial charge is 0.243 e. The van der Waals surface area contributed by atoms with Gasteiger partial charge in [-0.25, -0.2) is 0 Å². The van der Waals surface area contributed by atoms with Crippen molar-refractivity contribution >= 4 is 24.4 Å². The van der Waals surface area contributed by atoms with Crippen LogP contribution in [0.2, 0.25) is 0 Å². The molecule has 1 N–H and O–H groups in total. The van der Waals surface area contributed by atoms with Crippen molar-refractivity contribution < 1.29 is 14.0 Å². The molecular formula is C23H27N3O3S. The summed E-state index contributed by atoms with van der Waals surface area (Å²) in [6.07, 6.45) is 6.92. The van der Waals surface area contributed by atoms with Crippen molar-refractivity contribution in [2.24, 2.45) is 0 Å². The van der Waals surface area contributed by atoms with Crippen LogP contribution in [0, 0.1) is 0 Å². The molecule has 2 aromatic rings. The van der Waals surface area contributed by atoms with Crippen LogP contribution in [0.25, 0.3) is 0 Å². The molecular weight excluding hydrogens is 398 g/mol. The maximum Gasteiger partial charge on any atom is 0.243 e. The predicted molar refractivity (Wildman–Crippen MR) is 116 cm³/mol. The molecule has 4 heterocycles. The van der Waals surface area contributed by atoms with Crippen molar-refractivity contribution in [2.45, 2.75) is 56.1 Å². The fourth-order valence-corrected chi connectivity index (χ4v) is 5.57. The molecule has 30 heavy (non-hydrogen) atoms. The molecule has 3 aliphatic rings. The molecule has 2 atom stereocenters. The third kappa shape index (κ3) is 3.82. The van der Waals surface area contributed by atoms with Crippen LogP contribution in [0.3, 0.4) is 0 Å². The first-order valence-corrected chi connectivity index (χ1v) is 11.2. The molecule has 158 valence electrons. The second kappa shape index (κ2) is 8.21. The predicted octanol–water partition coefficient (Wildman–Crippen LogP) is 3.21. The van der Waals surface area contributed by atoms with Crippen LogP contribution in [-0.2, 0) is 22.7 Å². The molecule has 7 heteroatoms. The average molecular weight is 426 g/mol. The Hall–Kier alpha value is -2.09. The van der Waals surface area contributed by atoms with Gasteiger partial charge in [0, 0.05) is 19.5 Å². The Kier molecular flexibility index (Phi) is 5.43. The number of likely N-dealkylation sites (tertiary alicyclic amines) is 1. The highest BCUT2D eigenvalue weighted by molar-refractivity contribution is 7.80.